The second-order valence-corrected chi connectivity index (χ2v) is 7.97. The lowest BCUT2D eigenvalue weighted by Crippen LogP contribution is -2.44. The molecule has 0 amide bonds. The van der Waals surface area contributed by atoms with E-state index in [9.17, 15) is 0 Å². The van der Waals surface area contributed by atoms with Crippen LogP contribution in [0.4, 0.5) is 5.69 Å². The summed E-state index contributed by atoms with van der Waals surface area (Å²) in [5, 5.41) is 11.4. The molecule has 8 nitrogen and oxygen atoms in total. The van der Waals surface area contributed by atoms with Gasteiger partial charge in [0.05, 0.1) is 32.6 Å². The van der Waals surface area contributed by atoms with Gasteiger partial charge in [0.1, 0.15) is 11.5 Å². The van der Waals surface area contributed by atoms with Crippen molar-refractivity contribution in [1.29, 1.82) is 0 Å². The van der Waals surface area contributed by atoms with Gasteiger partial charge in [-0.15, -0.1) is 0 Å². The predicted molar refractivity (Wildman–Crippen MR) is 132 cm³/mol. The van der Waals surface area contributed by atoms with Gasteiger partial charge >= 0.3 is 0 Å². The molecule has 33 heavy (non-hydrogen) atoms. The molecule has 2 N–H and O–H groups in total. The van der Waals surface area contributed by atoms with Crippen molar-refractivity contribution in [3.8, 4) is 17.2 Å². The number of ether oxygens (including phenoxy) is 2. The first kappa shape index (κ1) is 22.5. The molecule has 1 fully saturated rings. The molecule has 0 radical (unpaired) electrons. The van der Waals surface area contributed by atoms with Gasteiger partial charge in [-0.3, -0.25) is 0 Å². The maximum Gasteiger partial charge on any atom is 0.191 e. The highest BCUT2D eigenvalue weighted by Gasteiger charge is 2.24. The first-order valence-electron chi connectivity index (χ1n) is 11.3. The van der Waals surface area contributed by atoms with E-state index in [2.05, 4.69) is 39.7 Å². The minimum atomic E-state index is 0.298. The summed E-state index contributed by atoms with van der Waals surface area (Å²) in [6, 6.07) is 16.4. The van der Waals surface area contributed by atoms with Crippen molar-refractivity contribution in [2.75, 3.05) is 38.8 Å². The fraction of sp³-hybridized carbons (Fsp3) is 0.360. The zero-order valence-electron chi connectivity index (χ0n) is 19.5. The minimum absolute atomic E-state index is 0.298. The van der Waals surface area contributed by atoms with Crippen LogP contribution in [0.3, 0.4) is 0 Å². The van der Waals surface area contributed by atoms with Crippen molar-refractivity contribution in [3.05, 3.63) is 66.5 Å². The highest BCUT2D eigenvalue weighted by Crippen LogP contribution is 2.30. The summed E-state index contributed by atoms with van der Waals surface area (Å²) in [7, 11) is 3.35. The van der Waals surface area contributed by atoms with Crippen LogP contribution in [-0.2, 0) is 6.54 Å². The Morgan fingerprint density at radius 1 is 1.09 bits per heavy atom. The summed E-state index contributed by atoms with van der Waals surface area (Å²) in [6.45, 7) is 5.28. The van der Waals surface area contributed by atoms with Gasteiger partial charge in [0.15, 0.2) is 5.96 Å². The Hall–Kier alpha value is -3.68. The number of rotatable bonds is 8. The number of guanidine groups is 1. The van der Waals surface area contributed by atoms with Crippen LogP contribution < -0.4 is 25.0 Å². The SMILES string of the molecule is CCNC(=NCc1cnn(-c2ccccc2)c1)NC1CCN(c2cc(OC)cc(OC)c2)C1. The molecular weight excluding hydrogens is 416 g/mol. The predicted octanol–water partition coefficient (Wildman–Crippen LogP) is 3.22. The van der Waals surface area contributed by atoms with Crippen molar-refractivity contribution < 1.29 is 9.47 Å². The van der Waals surface area contributed by atoms with E-state index in [4.69, 9.17) is 14.5 Å². The third kappa shape index (κ3) is 5.77. The lowest BCUT2D eigenvalue weighted by atomic mass is 10.2. The highest BCUT2D eigenvalue weighted by molar-refractivity contribution is 5.80. The normalized spacial score (nSPS) is 16.0. The first-order chi connectivity index (χ1) is 16.2. The Bertz CT molecular complexity index is 1040. The number of aromatic nitrogens is 2. The van der Waals surface area contributed by atoms with Crippen LogP contribution in [0, 0.1) is 0 Å². The van der Waals surface area contributed by atoms with Crippen molar-refractivity contribution in [3.63, 3.8) is 0 Å². The number of benzene rings is 2. The van der Waals surface area contributed by atoms with Crippen molar-refractivity contribution >= 4 is 11.6 Å². The average Bonchev–Trinajstić information content (AvgIpc) is 3.53. The third-order valence-corrected chi connectivity index (χ3v) is 5.65. The first-order valence-corrected chi connectivity index (χ1v) is 11.3. The van der Waals surface area contributed by atoms with E-state index in [1.807, 2.05) is 53.5 Å². The summed E-state index contributed by atoms with van der Waals surface area (Å²) >= 11 is 0. The number of hydrogen-bond acceptors (Lipinski definition) is 5. The summed E-state index contributed by atoms with van der Waals surface area (Å²) < 4.78 is 12.7. The molecule has 1 unspecified atom stereocenters. The fourth-order valence-corrected chi connectivity index (χ4v) is 3.93. The number of para-hydroxylation sites is 1. The van der Waals surface area contributed by atoms with Gasteiger partial charge in [-0.1, -0.05) is 18.2 Å². The molecule has 3 aromatic rings. The van der Waals surface area contributed by atoms with Crippen LogP contribution in [0.25, 0.3) is 5.69 Å². The lowest BCUT2D eigenvalue weighted by Gasteiger charge is -2.21. The van der Waals surface area contributed by atoms with E-state index < -0.39 is 0 Å². The smallest absolute Gasteiger partial charge is 0.191 e. The monoisotopic (exact) mass is 448 g/mol. The number of aliphatic imine (C=N–C) groups is 1. The van der Waals surface area contributed by atoms with Crippen molar-refractivity contribution in [2.24, 2.45) is 4.99 Å². The van der Waals surface area contributed by atoms with Crippen LogP contribution in [0.2, 0.25) is 0 Å². The molecule has 2 heterocycles. The third-order valence-electron chi connectivity index (χ3n) is 5.65. The Kier molecular flexibility index (Phi) is 7.34. The second-order valence-electron chi connectivity index (χ2n) is 7.97. The molecule has 1 atom stereocenters. The number of nitrogens with one attached hydrogen (secondary N) is 2. The van der Waals surface area contributed by atoms with E-state index in [1.54, 1.807) is 14.2 Å². The molecule has 0 saturated carbocycles. The Labute approximate surface area is 195 Å². The number of anilines is 1. The van der Waals surface area contributed by atoms with Gasteiger partial charge in [-0.05, 0) is 25.5 Å². The molecule has 8 heteroatoms. The molecule has 1 aliphatic heterocycles. The maximum absolute atomic E-state index is 5.43. The van der Waals surface area contributed by atoms with E-state index >= 15 is 0 Å². The largest absolute Gasteiger partial charge is 0.497 e. The second kappa shape index (κ2) is 10.8. The summed E-state index contributed by atoms with van der Waals surface area (Å²) in [4.78, 5) is 7.13. The molecule has 4 rings (SSSR count). The number of methoxy groups -OCH3 is 2. The molecule has 1 saturated heterocycles. The number of nitrogens with zero attached hydrogens (tertiary/aromatic N) is 4. The van der Waals surface area contributed by atoms with Crippen LogP contribution in [0.1, 0.15) is 18.9 Å². The molecule has 0 bridgehead atoms. The standard InChI is InChI=1S/C25H32N6O2/c1-4-26-25(27-15-19-16-28-31(17-19)21-8-6-5-7-9-21)29-20-10-11-30(18-20)22-12-23(32-2)14-24(13-22)33-3/h5-9,12-14,16-17,20H,4,10-11,15,18H2,1-3H3,(H2,26,27,29). The lowest BCUT2D eigenvalue weighted by molar-refractivity contribution is 0.394. The average molecular weight is 449 g/mol. The molecule has 2 aromatic carbocycles. The number of hydrogen-bond donors (Lipinski definition) is 2. The Balaban J connectivity index is 1.39. The quantitative estimate of drug-likeness (QED) is 0.407. The van der Waals surface area contributed by atoms with Gasteiger partial charge < -0.3 is 25.0 Å². The van der Waals surface area contributed by atoms with E-state index in [-0.39, 0.29) is 0 Å². The topological polar surface area (TPSA) is 75.9 Å². The molecular formula is C25H32N6O2. The zero-order valence-corrected chi connectivity index (χ0v) is 19.5. The summed E-state index contributed by atoms with van der Waals surface area (Å²) in [6.07, 6.45) is 4.92. The van der Waals surface area contributed by atoms with Crippen LogP contribution in [0.5, 0.6) is 11.5 Å². The van der Waals surface area contributed by atoms with Crippen molar-refractivity contribution in [2.45, 2.75) is 25.9 Å². The van der Waals surface area contributed by atoms with Gasteiger partial charge in [0, 0.05) is 61.3 Å². The van der Waals surface area contributed by atoms with Gasteiger partial charge in [0.2, 0.25) is 0 Å². The summed E-state index contributed by atoms with van der Waals surface area (Å²) in [5.41, 5.74) is 3.20. The fourth-order valence-electron chi connectivity index (χ4n) is 3.93. The van der Waals surface area contributed by atoms with Gasteiger partial charge in [-0.2, -0.15) is 5.10 Å². The van der Waals surface area contributed by atoms with Crippen LogP contribution in [-0.4, -0.2) is 55.6 Å². The molecule has 174 valence electrons. The Morgan fingerprint density at radius 2 is 1.85 bits per heavy atom. The molecule has 0 spiro atoms. The van der Waals surface area contributed by atoms with Crippen LogP contribution in [0.15, 0.2) is 65.9 Å². The van der Waals surface area contributed by atoms with Gasteiger partial charge in [-0.25, -0.2) is 9.67 Å². The van der Waals surface area contributed by atoms with E-state index in [0.717, 1.165) is 60.5 Å². The highest BCUT2D eigenvalue weighted by atomic mass is 16.5. The Morgan fingerprint density at radius 3 is 2.55 bits per heavy atom. The molecule has 0 aliphatic carbocycles. The molecule has 1 aromatic heterocycles. The van der Waals surface area contributed by atoms with Crippen molar-refractivity contribution in [1.82, 2.24) is 20.4 Å². The summed E-state index contributed by atoms with van der Waals surface area (Å²) in [5.74, 6) is 2.42. The zero-order chi connectivity index (χ0) is 23.0. The van der Waals surface area contributed by atoms with Gasteiger partial charge in [0.25, 0.3) is 0 Å². The van der Waals surface area contributed by atoms with E-state index in [1.165, 1.54) is 0 Å². The minimum Gasteiger partial charge on any atom is -0.497 e. The van der Waals surface area contributed by atoms with Crippen LogP contribution >= 0.6 is 0 Å². The van der Waals surface area contributed by atoms with E-state index in [0.29, 0.717) is 12.6 Å². The maximum atomic E-state index is 5.43. The molecule has 1 aliphatic rings.